The number of rotatable bonds is 7. The Morgan fingerprint density at radius 2 is 1.70 bits per heavy atom. The maximum absolute atomic E-state index is 16.9. The molecule has 4 bridgehead atoms. The Labute approximate surface area is 268 Å². The number of halogens is 1. The van der Waals surface area contributed by atoms with Gasteiger partial charge in [-0.25, -0.2) is 4.39 Å². The molecule has 5 fully saturated rings. The number of hydrogen-bond donors (Lipinski definition) is 3. The van der Waals surface area contributed by atoms with E-state index < -0.39 is 5.82 Å². The molecule has 3 N–H and O–H groups in total. The highest BCUT2D eigenvalue weighted by Crippen LogP contribution is 2.53. The maximum Gasteiger partial charge on any atom is 0.319 e. The van der Waals surface area contributed by atoms with Gasteiger partial charge in [-0.05, 0) is 98.9 Å². The minimum atomic E-state index is -0.464. The lowest BCUT2D eigenvalue weighted by molar-refractivity contribution is 0.168. The van der Waals surface area contributed by atoms with Gasteiger partial charge in [-0.3, -0.25) is 0 Å². The fraction of sp³-hybridized carbons (Fsp3) is 0.474. The second kappa shape index (κ2) is 10.8. The maximum atomic E-state index is 16.9. The SMILES string of the molecule is C#Cc1cccc2cc(O)cc(-c3ccc4c(N5CC6CCC(C5)N6)nc(OCC5(CC6CC7CCC(C6)N7)CC5)nc4c3F)c12. The molecule has 8 heteroatoms. The van der Waals surface area contributed by atoms with Crippen LogP contribution < -0.4 is 20.3 Å². The molecule has 5 aliphatic rings. The molecule has 1 saturated carbocycles. The number of phenolic OH excluding ortho intramolecular Hbond substituents is 1. The first-order valence-electron chi connectivity index (χ1n) is 17.1. The number of aromatic hydroxyl groups is 1. The molecule has 5 heterocycles. The molecule has 236 valence electrons. The van der Waals surface area contributed by atoms with Crippen molar-refractivity contribution in [2.45, 2.75) is 82.0 Å². The van der Waals surface area contributed by atoms with Crippen LogP contribution in [0.3, 0.4) is 0 Å². The van der Waals surface area contributed by atoms with Crippen LogP contribution in [-0.4, -0.2) is 58.9 Å². The molecule has 3 aromatic carbocycles. The van der Waals surface area contributed by atoms with Gasteiger partial charge in [0.25, 0.3) is 0 Å². The lowest BCUT2D eigenvalue weighted by Crippen LogP contribution is -2.51. The van der Waals surface area contributed by atoms with E-state index in [1.165, 1.54) is 32.1 Å². The second-order valence-electron chi connectivity index (χ2n) is 14.7. The number of nitrogens with zero attached hydrogens (tertiary/aromatic N) is 3. The molecule has 4 unspecified atom stereocenters. The number of anilines is 1. The molecular weight excluding hydrogens is 577 g/mol. The summed E-state index contributed by atoms with van der Waals surface area (Å²) in [5.74, 6) is 3.79. The number of terminal acetylenes is 1. The van der Waals surface area contributed by atoms with Gasteiger partial charge in [0.05, 0.1) is 6.61 Å². The number of benzene rings is 3. The minimum absolute atomic E-state index is 0.0522. The summed E-state index contributed by atoms with van der Waals surface area (Å²) in [4.78, 5) is 12.0. The number of fused-ring (bicyclic) bond motifs is 6. The topological polar surface area (TPSA) is 82.5 Å². The van der Waals surface area contributed by atoms with Crippen LogP contribution in [0.2, 0.25) is 0 Å². The molecule has 9 rings (SSSR count). The van der Waals surface area contributed by atoms with E-state index >= 15 is 4.39 Å². The fourth-order valence-electron chi connectivity index (χ4n) is 9.11. The molecule has 4 aromatic rings. The number of piperazine rings is 1. The van der Waals surface area contributed by atoms with E-state index in [0.717, 1.165) is 61.3 Å². The smallest absolute Gasteiger partial charge is 0.319 e. The third-order valence-corrected chi connectivity index (χ3v) is 11.4. The highest BCUT2D eigenvalue weighted by Gasteiger charge is 2.47. The molecular formula is C38H40FN5O2. The van der Waals surface area contributed by atoms with E-state index in [4.69, 9.17) is 21.1 Å². The highest BCUT2D eigenvalue weighted by atomic mass is 19.1. The van der Waals surface area contributed by atoms with E-state index in [9.17, 15) is 5.11 Å². The molecule has 4 aliphatic heterocycles. The van der Waals surface area contributed by atoms with Gasteiger partial charge in [0.2, 0.25) is 0 Å². The van der Waals surface area contributed by atoms with Gasteiger partial charge in [-0.2, -0.15) is 9.97 Å². The Morgan fingerprint density at radius 1 is 0.957 bits per heavy atom. The summed E-state index contributed by atoms with van der Waals surface area (Å²) in [5.41, 5.74) is 1.93. The molecule has 4 atom stereocenters. The zero-order valence-corrected chi connectivity index (χ0v) is 26.1. The lowest BCUT2D eigenvalue weighted by atomic mass is 9.83. The van der Waals surface area contributed by atoms with Crippen molar-refractivity contribution in [1.82, 2.24) is 20.6 Å². The van der Waals surface area contributed by atoms with Crippen molar-refractivity contribution in [2.24, 2.45) is 11.3 Å². The summed E-state index contributed by atoms with van der Waals surface area (Å²) in [6.45, 7) is 2.19. The van der Waals surface area contributed by atoms with Gasteiger partial charge in [0.15, 0.2) is 5.82 Å². The van der Waals surface area contributed by atoms with Crippen molar-refractivity contribution >= 4 is 27.5 Å². The average Bonchev–Trinajstić information content (AvgIpc) is 3.62. The first kappa shape index (κ1) is 28.3. The molecule has 0 radical (unpaired) electrons. The van der Waals surface area contributed by atoms with Crippen molar-refractivity contribution in [3.8, 4) is 35.2 Å². The average molecular weight is 618 g/mol. The van der Waals surface area contributed by atoms with Crippen LogP contribution in [0.1, 0.15) is 63.4 Å². The molecule has 1 aliphatic carbocycles. The van der Waals surface area contributed by atoms with Crippen molar-refractivity contribution in [3.63, 3.8) is 0 Å². The third-order valence-electron chi connectivity index (χ3n) is 11.4. The van der Waals surface area contributed by atoms with E-state index in [2.05, 4.69) is 21.5 Å². The van der Waals surface area contributed by atoms with E-state index in [1.807, 2.05) is 24.3 Å². The number of phenols is 1. The fourth-order valence-corrected chi connectivity index (χ4v) is 9.11. The van der Waals surface area contributed by atoms with Crippen LogP contribution >= 0.6 is 0 Å². The van der Waals surface area contributed by atoms with Crippen LogP contribution in [0.25, 0.3) is 32.8 Å². The quantitative estimate of drug-likeness (QED) is 0.210. The zero-order valence-electron chi connectivity index (χ0n) is 26.1. The molecule has 1 aromatic heterocycles. The number of hydrogen-bond acceptors (Lipinski definition) is 7. The highest BCUT2D eigenvalue weighted by molar-refractivity contribution is 6.04. The van der Waals surface area contributed by atoms with Crippen LogP contribution in [0.4, 0.5) is 10.2 Å². The summed E-state index contributed by atoms with van der Waals surface area (Å²) >= 11 is 0. The van der Waals surface area contributed by atoms with Gasteiger partial charge in [-0.15, -0.1) is 6.42 Å². The van der Waals surface area contributed by atoms with Crippen molar-refractivity contribution in [2.75, 3.05) is 24.6 Å². The summed E-state index contributed by atoms with van der Waals surface area (Å²) in [6.07, 6.45) is 16.8. The first-order chi connectivity index (χ1) is 22.4. The lowest BCUT2D eigenvalue weighted by Gasteiger charge is -2.34. The van der Waals surface area contributed by atoms with E-state index in [1.54, 1.807) is 18.2 Å². The number of ether oxygens (including phenoxy) is 1. The summed E-state index contributed by atoms with van der Waals surface area (Å²) in [5, 5.41) is 20.2. The summed E-state index contributed by atoms with van der Waals surface area (Å²) in [7, 11) is 0. The standard InChI is InChI=1S/C38H40FN5O2/c1-2-23-4-3-5-24-16-29(45)17-32(33(23)24)30-10-11-31-35(34(30)39)42-37(43-36(31)44-19-27-8-9-28(20-44)41-27)46-21-38(12-13-38)18-22-14-25-6-7-26(15-22)40-25/h1,3-5,10-11,16-17,22,25-28,40-41,45H,6-9,12-15,18-21H2. The molecule has 7 nitrogen and oxygen atoms in total. The predicted molar refractivity (Wildman–Crippen MR) is 179 cm³/mol. The van der Waals surface area contributed by atoms with Gasteiger partial charge in [0, 0.05) is 64.6 Å². The monoisotopic (exact) mass is 617 g/mol. The minimum Gasteiger partial charge on any atom is -0.508 e. The van der Waals surface area contributed by atoms with E-state index in [-0.39, 0.29) is 22.7 Å². The van der Waals surface area contributed by atoms with Crippen LogP contribution in [0.15, 0.2) is 42.5 Å². The van der Waals surface area contributed by atoms with Crippen molar-refractivity contribution in [1.29, 1.82) is 0 Å². The van der Waals surface area contributed by atoms with Gasteiger partial charge < -0.3 is 25.4 Å². The Bertz CT molecular complexity index is 1880. The molecule has 46 heavy (non-hydrogen) atoms. The Kier molecular flexibility index (Phi) is 6.66. The Balaban J connectivity index is 1.10. The number of piperidine rings is 1. The largest absolute Gasteiger partial charge is 0.508 e. The Morgan fingerprint density at radius 3 is 2.43 bits per heavy atom. The van der Waals surface area contributed by atoms with Gasteiger partial charge in [-0.1, -0.05) is 24.1 Å². The second-order valence-corrected chi connectivity index (χ2v) is 14.7. The van der Waals surface area contributed by atoms with Crippen molar-refractivity contribution in [3.05, 3.63) is 53.8 Å². The van der Waals surface area contributed by atoms with E-state index in [0.29, 0.717) is 52.9 Å². The van der Waals surface area contributed by atoms with Crippen LogP contribution in [0, 0.1) is 29.5 Å². The van der Waals surface area contributed by atoms with Crippen molar-refractivity contribution < 1.29 is 14.2 Å². The third kappa shape index (κ3) is 4.96. The molecule has 4 saturated heterocycles. The predicted octanol–water partition coefficient (Wildman–Crippen LogP) is 6.30. The first-order valence-corrected chi connectivity index (χ1v) is 17.1. The zero-order chi connectivity index (χ0) is 31.0. The summed E-state index contributed by atoms with van der Waals surface area (Å²) < 4.78 is 23.4. The molecule has 0 spiro atoms. The summed E-state index contributed by atoms with van der Waals surface area (Å²) in [6, 6.07) is 14.9. The molecule has 0 amide bonds. The van der Waals surface area contributed by atoms with Crippen LogP contribution in [-0.2, 0) is 0 Å². The van der Waals surface area contributed by atoms with Gasteiger partial charge in [0.1, 0.15) is 17.1 Å². The Hall–Kier alpha value is -3.93. The van der Waals surface area contributed by atoms with Crippen LogP contribution in [0.5, 0.6) is 11.8 Å². The normalized spacial score (nSPS) is 27.7. The van der Waals surface area contributed by atoms with Gasteiger partial charge >= 0.3 is 6.01 Å². The number of nitrogens with one attached hydrogen (secondary N) is 2. The number of aromatic nitrogens is 2.